The maximum Gasteiger partial charge on any atom is 0.240 e. The van der Waals surface area contributed by atoms with E-state index in [1.807, 2.05) is 18.2 Å². The molecule has 0 fully saturated rings. The van der Waals surface area contributed by atoms with E-state index in [2.05, 4.69) is 20.3 Å². The Bertz CT molecular complexity index is 982. The predicted molar refractivity (Wildman–Crippen MR) is 112 cm³/mol. The predicted octanol–water partition coefficient (Wildman–Crippen LogP) is 1.75. The zero-order chi connectivity index (χ0) is 20.7. The van der Waals surface area contributed by atoms with Crippen LogP contribution in [0.25, 0.3) is 0 Å². The molecule has 1 aliphatic rings. The summed E-state index contributed by atoms with van der Waals surface area (Å²) in [5, 5.41) is 6.64. The molecule has 0 spiro atoms. The molecule has 3 N–H and O–H groups in total. The number of nitrogens with zero attached hydrogens (tertiary/aromatic N) is 1. The second-order valence-corrected chi connectivity index (χ2v) is 8.42. The van der Waals surface area contributed by atoms with Crippen LogP contribution >= 0.6 is 11.6 Å². The van der Waals surface area contributed by atoms with Crippen molar-refractivity contribution >= 4 is 27.6 Å². The van der Waals surface area contributed by atoms with Crippen LogP contribution in [0.1, 0.15) is 5.56 Å². The number of hydrogen-bond acceptors (Lipinski definition) is 5. The van der Waals surface area contributed by atoms with Gasteiger partial charge in [-0.05, 0) is 42.3 Å². The maximum absolute atomic E-state index is 12.2. The molecule has 29 heavy (non-hydrogen) atoms. The van der Waals surface area contributed by atoms with E-state index in [1.165, 1.54) is 12.1 Å². The first-order chi connectivity index (χ1) is 14.0. The van der Waals surface area contributed by atoms with Crippen LogP contribution < -0.4 is 24.8 Å². The minimum atomic E-state index is -3.60. The highest BCUT2D eigenvalue weighted by Gasteiger charge is 2.14. The van der Waals surface area contributed by atoms with E-state index in [-0.39, 0.29) is 18.2 Å². The molecule has 8 nitrogen and oxygen atoms in total. The summed E-state index contributed by atoms with van der Waals surface area (Å²) in [5.41, 5.74) is 1.12. The molecular formula is C19H23ClN4O4S. The molecule has 3 rings (SSSR count). The second-order valence-electron chi connectivity index (χ2n) is 6.22. The molecule has 0 radical (unpaired) electrons. The Morgan fingerprint density at radius 3 is 2.66 bits per heavy atom. The van der Waals surface area contributed by atoms with Crippen molar-refractivity contribution in [1.82, 2.24) is 15.4 Å². The lowest BCUT2D eigenvalue weighted by atomic mass is 10.1. The summed E-state index contributed by atoms with van der Waals surface area (Å²) in [4.78, 5) is 4.27. The number of nitrogens with one attached hydrogen (secondary N) is 3. The van der Waals surface area contributed by atoms with Crippen molar-refractivity contribution in [2.45, 2.75) is 11.3 Å². The van der Waals surface area contributed by atoms with Crippen molar-refractivity contribution in [3.63, 3.8) is 0 Å². The number of hydrogen-bond donors (Lipinski definition) is 3. The van der Waals surface area contributed by atoms with Crippen LogP contribution in [0.2, 0.25) is 5.02 Å². The van der Waals surface area contributed by atoms with E-state index < -0.39 is 10.0 Å². The highest BCUT2D eigenvalue weighted by molar-refractivity contribution is 7.89. The lowest BCUT2D eigenvalue weighted by molar-refractivity contribution is 0.174. The van der Waals surface area contributed by atoms with Crippen molar-refractivity contribution < 1.29 is 17.9 Å². The number of aliphatic imine (C=N–C) groups is 1. The summed E-state index contributed by atoms with van der Waals surface area (Å²) in [6.07, 6.45) is 0.777. The summed E-state index contributed by atoms with van der Waals surface area (Å²) < 4.78 is 37.7. The fourth-order valence-corrected chi connectivity index (χ4v) is 4.06. The van der Waals surface area contributed by atoms with E-state index in [9.17, 15) is 8.42 Å². The lowest BCUT2D eigenvalue weighted by Gasteiger charge is -2.13. The van der Waals surface area contributed by atoms with E-state index >= 15 is 0 Å². The monoisotopic (exact) mass is 438 g/mol. The van der Waals surface area contributed by atoms with Gasteiger partial charge in [-0.2, -0.15) is 0 Å². The number of guanidine groups is 1. The Morgan fingerprint density at radius 1 is 1.07 bits per heavy atom. The number of sulfonamides is 1. The van der Waals surface area contributed by atoms with Crippen LogP contribution in [0.4, 0.5) is 0 Å². The summed E-state index contributed by atoms with van der Waals surface area (Å²) >= 11 is 5.85. The first-order valence-corrected chi connectivity index (χ1v) is 10.9. The third-order valence-electron chi connectivity index (χ3n) is 4.18. The van der Waals surface area contributed by atoms with Gasteiger partial charge in [0.05, 0.1) is 4.90 Å². The van der Waals surface area contributed by atoms with Crippen molar-refractivity contribution in [2.24, 2.45) is 4.99 Å². The molecule has 0 aromatic heterocycles. The van der Waals surface area contributed by atoms with Gasteiger partial charge < -0.3 is 20.1 Å². The normalized spacial score (nSPS) is 13.4. The fraction of sp³-hybridized carbons (Fsp3) is 0.316. The van der Waals surface area contributed by atoms with Gasteiger partial charge in [0, 0.05) is 31.7 Å². The molecular weight excluding hydrogens is 416 g/mol. The average molecular weight is 439 g/mol. The minimum Gasteiger partial charge on any atom is -0.454 e. The largest absolute Gasteiger partial charge is 0.454 e. The highest BCUT2D eigenvalue weighted by Crippen LogP contribution is 2.32. The van der Waals surface area contributed by atoms with Crippen molar-refractivity contribution in [2.75, 3.05) is 33.5 Å². The number of ether oxygens (including phenoxy) is 2. The topological polar surface area (TPSA) is 101 Å². The van der Waals surface area contributed by atoms with Gasteiger partial charge in [-0.3, -0.25) is 4.99 Å². The fourth-order valence-electron chi connectivity index (χ4n) is 2.73. The van der Waals surface area contributed by atoms with E-state index in [0.29, 0.717) is 24.1 Å². The SMILES string of the molecule is CN=C(NCCNS(=O)(=O)c1cccc(Cl)c1)NCCc1ccc2c(c1)OCO2. The Kier molecular flexibility index (Phi) is 7.18. The smallest absolute Gasteiger partial charge is 0.240 e. The van der Waals surface area contributed by atoms with Gasteiger partial charge in [-0.25, -0.2) is 13.1 Å². The van der Waals surface area contributed by atoms with E-state index in [1.54, 1.807) is 19.2 Å². The lowest BCUT2D eigenvalue weighted by Crippen LogP contribution is -2.42. The molecule has 2 aromatic rings. The van der Waals surface area contributed by atoms with Crippen LogP contribution in [0.5, 0.6) is 11.5 Å². The Hall–Kier alpha value is -2.49. The number of benzene rings is 2. The third kappa shape index (κ3) is 5.99. The molecule has 10 heteroatoms. The second kappa shape index (κ2) is 9.82. The van der Waals surface area contributed by atoms with Gasteiger partial charge >= 0.3 is 0 Å². The first kappa shape index (κ1) is 21.2. The molecule has 0 amide bonds. The van der Waals surface area contributed by atoms with Crippen LogP contribution in [0, 0.1) is 0 Å². The summed E-state index contributed by atoms with van der Waals surface area (Å²) in [5.74, 6) is 2.11. The molecule has 0 bridgehead atoms. The molecule has 1 aliphatic heterocycles. The molecule has 2 aromatic carbocycles. The van der Waals surface area contributed by atoms with Gasteiger partial charge in [0.1, 0.15) is 0 Å². The standard InChI is InChI=1S/C19H23ClN4O4S/c1-21-19(22-8-7-14-5-6-17-18(11-14)28-13-27-17)23-9-10-24-29(25,26)16-4-2-3-15(20)12-16/h2-6,11-12,24H,7-10,13H2,1H3,(H2,21,22,23). The first-order valence-electron chi connectivity index (χ1n) is 9.06. The zero-order valence-electron chi connectivity index (χ0n) is 15.9. The molecule has 0 atom stereocenters. The summed E-state index contributed by atoms with van der Waals surface area (Å²) in [6.45, 7) is 1.50. The van der Waals surface area contributed by atoms with Crippen molar-refractivity contribution in [1.29, 1.82) is 0 Å². The summed E-state index contributed by atoms with van der Waals surface area (Å²) in [6, 6.07) is 12.0. The number of halogens is 1. The van der Waals surface area contributed by atoms with Crippen LogP contribution in [-0.2, 0) is 16.4 Å². The van der Waals surface area contributed by atoms with Crippen LogP contribution in [0.3, 0.4) is 0 Å². The van der Waals surface area contributed by atoms with Gasteiger partial charge in [-0.1, -0.05) is 23.7 Å². The Balaban J connectivity index is 1.39. The zero-order valence-corrected chi connectivity index (χ0v) is 17.5. The summed E-state index contributed by atoms with van der Waals surface area (Å²) in [7, 11) is -1.94. The van der Waals surface area contributed by atoms with Crippen molar-refractivity contribution in [3.05, 3.63) is 53.1 Å². The quantitative estimate of drug-likeness (QED) is 0.330. The number of fused-ring (bicyclic) bond motifs is 1. The third-order valence-corrected chi connectivity index (χ3v) is 5.88. The van der Waals surface area contributed by atoms with Crippen LogP contribution in [-0.4, -0.2) is 47.9 Å². The van der Waals surface area contributed by atoms with E-state index in [0.717, 1.165) is 23.5 Å². The Labute approximate surface area is 175 Å². The maximum atomic E-state index is 12.2. The Morgan fingerprint density at radius 2 is 1.86 bits per heavy atom. The van der Waals surface area contributed by atoms with Gasteiger partial charge in [0.25, 0.3) is 0 Å². The number of rotatable bonds is 8. The molecule has 0 unspecified atom stereocenters. The molecule has 0 saturated carbocycles. The molecule has 0 saturated heterocycles. The highest BCUT2D eigenvalue weighted by atomic mass is 35.5. The average Bonchev–Trinajstić information content (AvgIpc) is 3.17. The van der Waals surface area contributed by atoms with Gasteiger partial charge in [0.15, 0.2) is 17.5 Å². The van der Waals surface area contributed by atoms with Gasteiger partial charge in [0.2, 0.25) is 16.8 Å². The van der Waals surface area contributed by atoms with E-state index in [4.69, 9.17) is 21.1 Å². The van der Waals surface area contributed by atoms with Gasteiger partial charge in [-0.15, -0.1) is 0 Å². The molecule has 0 aliphatic carbocycles. The molecule has 1 heterocycles. The van der Waals surface area contributed by atoms with Crippen molar-refractivity contribution in [3.8, 4) is 11.5 Å². The minimum absolute atomic E-state index is 0.135. The molecule has 156 valence electrons. The van der Waals surface area contributed by atoms with Crippen LogP contribution in [0.15, 0.2) is 52.4 Å².